The fourth-order valence-corrected chi connectivity index (χ4v) is 1.20. The van der Waals surface area contributed by atoms with Gasteiger partial charge in [0, 0.05) is 0 Å². The molecule has 0 aliphatic carbocycles. The molecule has 0 heterocycles. The van der Waals surface area contributed by atoms with Crippen LogP contribution in [0.5, 0.6) is 0 Å². The molecule has 1 aromatic rings. The molecule has 0 saturated heterocycles. The lowest BCUT2D eigenvalue weighted by atomic mass is 10.1. The third-order valence-electron chi connectivity index (χ3n) is 1.49. The maximum Gasteiger partial charge on any atom is 0.162 e. The Morgan fingerprint density at radius 3 is 1.36 bits per heavy atom. The molecule has 6 heteroatoms. The average Bonchev–Trinajstić information content (AvgIpc) is 2.20. The van der Waals surface area contributed by atoms with Crippen molar-refractivity contribution in [3.8, 4) is 12.1 Å². The Bertz CT molecular complexity index is 441. The highest BCUT2D eigenvalue weighted by Crippen LogP contribution is 2.32. The summed E-state index contributed by atoms with van der Waals surface area (Å²) in [4.78, 5) is 0. The van der Waals surface area contributed by atoms with E-state index in [2.05, 4.69) is 0 Å². The van der Waals surface area contributed by atoms with Crippen molar-refractivity contribution in [2.45, 2.75) is 0 Å². The number of benzene rings is 1. The van der Waals surface area contributed by atoms with Gasteiger partial charge in [-0.3, -0.25) is 0 Å². The zero-order chi connectivity index (χ0) is 10.9. The Labute approximate surface area is 87.9 Å². The summed E-state index contributed by atoms with van der Waals surface area (Å²) in [5, 5.41) is 15.5. The minimum Gasteiger partial charge on any atom is -0.204 e. The molecule has 14 heavy (non-hydrogen) atoms. The molecule has 1 rings (SSSR count). The molecule has 1 aromatic carbocycles. The van der Waals surface area contributed by atoms with Gasteiger partial charge in [-0.25, -0.2) is 8.78 Å². The Kier molecular flexibility index (Phi) is 2.90. The van der Waals surface area contributed by atoms with E-state index >= 15 is 0 Å². The van der Waals surface area contributed by atoms with Crippen molar-refractivity contribution in [2.24, 2.45) is 0 Å². The van der Waals surface area contributed by atoms with E-state index in [0.717, 1.165) is 0 Å². The number of nitriles is 2. The van der Waals surface area contributed by atoms with Crippen molar-refractivity contribution in [3.05, 3.63) is 32.8 Å². The highest BCUT2D eigenvalue weighted by molar-refractivity contribution is 6.42. The lowest BCUT2D eigenvalue weighted by Gasteiger charge is -2.03. The number of halogens is 4. The van der Waals surface area contributed by atoms with Crippen LogP contribution in [-0.4, -0.2) is 0 Å². The monoisotopic (exact) mass is 232 g/mol. The summed E-state index contributed by atoms with van der Waals surface area (Å²) in [7, 11) is 0. The molecule has 70 valence electrons. The van der Waals surface area contributed by atoms with Gasteiger partial charge in [-0.2, -0.15) is 10.5 Å². The molecule has 0 unspecified atom stereocenters. The first-order valence-corrected chi connectivity index (χ1v) is 3.96. The van der Waals surface area contributed by atoms with Gasteiger partial charge < -0.3 is 0 Å². The Morgan fingerprint density at radius 1 is 0.857 bits per heavy atom. The molecule has 0 aliphatic heterocycles. The topological polar surface area (TPSA) is 47.6 Å². The van der Waals surface area contributed by atoms with E-state index in [9.17, 15) is 8.78 Å². The number of nitrogens with zero attached hydrogens (tertiary/aromatic N) is 2. The summed E-state index contributed by atoms with van der Waals surface area (Å²) in [6, 6.07) is 2.69. The second-order valence-electron chi connectivity index (χ2n) is 2.23. The van der Waals surface area contributed by atoms with Crippen molar-refractivity contribution in [1.29, 1.82) is 10.5 Å². The summed E-state index contributed by atoms with van der Waals surface area (Å²) in [6.45, 7) is 0. The summed E-state index contributed by atoms with van der Waals surface area (Å²) >= 11 is 10.6. The Morgan fingerprint density at radius 2 is 1.14 bits per heavy atom. The minimum absolute atomic E-state index is 0.695. The van der Waals surface area contributed by atoms with Gasteiger partial charge in [0.25, 0.3) is 0 Å². The number of rotatable bonds is 0. The summed E-state index contributed by atoms with van der Waals surface area (Å²) < 4.78 is 26.3. The first kappa shape index (κ1) is 10.7. The summed E-state index contributed by atoms with van der Waals surface area (Å²) in [6.07, 6.45) is 0. The van der Waals surface area contributed by atoms with E-state index in [4.69, 9.17) is 33.7 Å². The van der Waals surface area contributed by atoms with E-state index in [1.54, 1.807) is 0 Å². The molecule has 0 fully saturated rings. The van der Waals surface area contributed by atoms with Gasteiger partial charge in [-0.15, -0.1) is 0 Å². The molecular weight excluding hydrogens is 233 g/mol. The van der Waals surface area contributed by atoms with Gasteiger partial charge in [-0.05, 0) is 0 Å². The van der Waals surface area contributed by atoms with Crippen molar-refractivity contribution >= 4 is 23.2 Å². The lowest BCUT2D eigenvalue weighted by molar-refractivity contribution is 0.594. The van der Waals surface area contributed by atoms with Gasteiger partial charge in [0.1, 0.15) is 23.3 Å². The number of hydrogen-bond acceptors (Lipinski definition) is 2. The third-order valence-corrected chi connectivity index (χ3v) is 2.30. The molecule has 0 amide bonds. The molecule has 0 spiro atoms. The molecule has 0 radical (unpaired) electrons. The van der Waals surface area contributed by atoms with Gasteiger partial charge in [-0.1, -0.05) is 23.2 Å². The van der Waals surface area contributed by atoms with E-state index in [1.807, 2.05) is 0 Å². The van der Waals surface area contributed by atoms with Crippen LogP contribution in [0, 0.1) is 34.3 Å². The predicted octanol–water partition coefficient (Wildman–Crippen LogP) is 3.01. The van der Waals surface area contributed by atoms with Crippen LogP contribution < -0.4 is 0 Å². The number of hydrogen-bond donors (Lipinski definition) is 0. The molecular formula is C8Cl2F2N2. The smallest absolute Gasteiger partial charge is 0.162 e. The molecule has 2 nitrogen and oxygen atoms in total. The molecule has 0 atom stereocenters. The van der Waals surface area contributed by atoms with Crippen LogP contribution >= 0.6 is 23.2 Å². The lowest BCUT2D eigenvalue weighted by Crippen LogP contribution is -1.97. The third kappa shape index (κ3) is 1.39. The second-order valence-corrected chi connectivity index (χ2v) is 2.99. The van der Waals surface area contributed by atoms with Crippen molar-refractivity contribution in [2.75, 3.05) is 0 Å². The highest BCUT2D eigenvalue weighted by atomic mass is 35.5. The quantitative estimate of drug-likeness (QED) is 0.510. The van der Waals surface area contributed by atoms with Gasteiger partial charge in [0.15, 0.2) is 11.6 Å². The fourth-order valence-electron chi connectivity index (χ4n) is 0.842. The van der Waals surface area contributed by atoms with E-state index in [1.165, 1.54) is 12.1 Å². The highest BCUT2D eigenvalue weighted by Gasteiger charge is 2.22. The van der Waals surface area contributed by atoms with Crippen LogP contribution in [0.2, 0.25) is 10.0 Å². The zero-order valence-corrected chi connectivity index (χ0v) is 7.92. The van der Waals surface area contributed by atoms with Gasteiger partial charge in [0.2, 0.25) is 0 Å². The Balaban J connectivity index is 3.79. The molecule has 0 saturated carbocycles. The second kappa shape index (κ2) is 3.79. The van der Waals surface area contributed by atoms with E-state index in [0.29, 0.717) is 0 Å². The summed E-state index contributed by atoms with van der Waals surface area (Å²) in [5.74, 6) is -2.37. The predicted molar refractivity (Wildman–Crippen MR) is 45.8 cm³/mol. The van der Waals surface area contributed by atoms with Crippen LogP contribution in [-0.2, 0) is 0 Å². The van der Waals surface area contributed by atoms with Gasteiger partial charge in [0.05, 0.1) is 10.0 Å². The SMILES string of the molecule is N#Cc1c(F)c(Cl)c(Cl)c(F)c1C#N. The maximum atomic E-state index is 13.1. The zero-order valence-electron chi connectivity index (χ0n) is 6.41. The fraction of sp³-hybridized carbons (Fsp3) is 0. The van der Waals surface area contributed by atoms with Crippen molar-refractivity contribution < 1.29 is 8.78 Å². The van der Waals surface area contributed by atoms with Crippen LogP contribution in [0.1, 0.15) is 11.1 Å². The Hall–Kier alpha value is -1.36. The molecule has 0 aliphatic rings. The first-order valence-electron chi connectivity index (χ1n) is 3.20. The largest absolute Gasteiger partial charge is 0.204 e. The van der Waals surface area contributed by atoms with Crippen molar-refractivity contribution in [1.82, 2.24) is 0 Å². The minimum atomic E-state index is -1.18. The first-order chi connectivity index (χ1) is 6.54. The normalized spacial score (nSPS) is 9.29. The van der Waals surface area contributed by atoms with Gasteiger partial charge >= 0.3 is 0 Å². The molecule has 0 bridgehead atoms. The standard InChI is InChI=1S/C8Cl2F2N2/c9-5-6(10)8(12)4(2-14)3(1-13)7(5)11. The van der Waals surface area contributed by atoms with Crippen LogP contribution in [0.25, 0.3) is 0 Å². The van der Waals surface area contributed by atoms with Crippen LogP contribution in [0.3, 0.4) is 0 Å². The summed E-state index contributed by atoms with van der Waals surface area (Å²) in [5.41, 5.74) is -1.47. The van der Waals surface area contributed by atoms with Crippen LogP contribution in [0.4, 0.5) is 8.78 Å². The van der Waals surface area contributed by atoms with Crippen LogP contribution in [0.15, 0.2) is 0 Å². The van der Waals surface area contributed by atoms with Crippen molar-refractivity contribution in [3.63, 3.8) is 0 Å². The molecule has 0 aromatic heterocycles. The molecule has 0 N–H and O–H groups in total. The maximum absolute atomic E-state index is 13.1. The average molecular weight is 233 g/mol. The van der Waals surface area contributed by atoms with E-state index < -0.39 is 32.8 Å². The van der Waals surface area contributed by atoms with E-state index in [-0.39, 0.29) is 0 Å².